The van der Waals surface area contributed by atoms with Crippen LogP contribution in [0.2, 0.25) is 5.02 Å². The lowest BCUT2D eigenvalue weighted by molar-refractivity contribution is -0.119. The first-order valence-electron chi connectivity index (χ1n) is 6.46. The van der Waals surface area contributed by atoms with Crippen LogP contribution >= 0.6 is 11.6 Å². The normalized spacial score (nSPS) is 10.1. The minimum absolute atomic E-state index is 0.00186. The smallest absolute Gasteiger partial charge is 0.224 e. The standard InChI is InChI=1S/C16H17ClN2O/c1-18-16(20)10-13-6-2-3-8-15(13)19-11-12-5-4-7-14(17)9-12/h2-9,19H,10-11H2,1H3,(H,18,20). The molecule has 2 N–H and O–H groups in total. The zero-order valence-corrected chi connectivity index (χ0v) is 12.1. The van der Waals surface area contributed by atoms with Crippen LogP contribution in [0.1, 0.15) is 11.1 Å². The first-order valence-corrected chi connectivity index (χ1v) is 6.83. The van der Waals surface area contributed by atoms with Crippen molar-refractivity contribution < 1.29 is 4.79 Å². The fourth-order valence-corrected chi connectivity index (χ4v) is 2.17. The average Bonchev–Trinajstić information content (AvgIpc) is 2.46. The second-order valence-electron chi connectivity index (χ2n) is 4.49. The third-order valence-electron chi connectivity index (χ3n) is 3.02. The fourth-order valence-electron chi connectivity index (χ4n) is 1.95. The van der Waals surface area contributed by atoms with Crippen LogP contribution in [0.15, 0.2) is 48.5 Å². The van der Waals surface area contributed by atoms with Crippen LogP contribution in [-0.2, 0) is 17.8 Å². The van der Waals surface area contributed by atoms with E-state index in [1.54, 1.807) is 7.05 Å². The molecule has 0 aliphatic heterocycles. The number of anilines is 1. The van der Waals surface area contributed by atoms with Gasteiger partial charge in [-0.05, 0) is 29.3 Å². The third-order valence-corrected chi connectivity index (χ3v) is 3.25. The second kappa shape index (κ2) is 6.96. The molecule has 0 fully saturated rings. The molecule has 0 heterocycles. The number of para-hydroxylation sites is 1. The highest BCUT2D eigenvalue weighted by Gasteiger charge is 2.06. The van der Waals surface area contributed by atoms with Crippen LogP contribution < -0.4 is 10.6 Å². The number of likely N-dealkylation sites (N-methyl/N-ethyl adjacent to an activating group) is 1. The predicted molar refractivity (Wildman–Crippen MR) is 83.0 cm³/mol. The summed E-state index contributed by atoms with van der Waals surface area (Å²) in [5.41, 5.74) is 3.05. The van der Waals surface area contributed by atoms with Crippen LogP contribution in [0, 0.1) is 0 Å². The number of nitrogens with one attached hydrogen (secondary N) is 2. The molecule has 2 aromatic rings. The molecule has 0 radical (unpaired) electrons. The maximum atomic E-state index is 11.5. The van der Waals surface area contributed by atoms with Gasteiger partial charge >= 0.3 is 0 Å². The van der Waals surface area contributed by atoms with Crippen LogP contribution in [0.25, 0.3) is 0 Å². The summed E-state index contributed by atoms with van der Waals surface area (Å²) < 4.78 is 0. The van der Waals surface area contributed by atoms with Crippen molar-refractivity contribution in [2.24, 2.45) is 0 Å². The highest BCUT2D eigenvalue weighted by atomic mass is 35.5. The Balaban J connectivity index is 2.07. The van der Waals surface area contributed by atoms with E-state index in [2.05, 4.69) is 10.6 Å². The Kier molecular flexibility index (Phi) is 5.02. The molecule has 0 aliphatic rings. The molecule has 104 valence electrons. The maximum absolute atomic E-state index is 11.5. The molecule has 0 saturated heterocycles. The monoisotopic (exact) mass is 288 g/mol. The van der Waals surface area contributed by atoms with E-state index in [0.29, 0.717) is 13.0 Å². The molecule has 0 saturated carbocycles. The quantitative estimate of drug-likeness (QED) is 0.887. The lowest BCUT2D eigenvalue weighted by Crippen LogP contribution is -2.20. The molecule has 2 aromatic carbocycles. The molecular weight excluding hydrogens is 272 g/mol. The number of amides is 1. The van der Waals surface area contributed by atoms with Gasteiger partial charge in [0.1, 0.15) is 0 Å². The van der Waals surface area contributed by atoms with Crippen LogP contribution in [0.5, 0.6) is 0 Å². The Morgan fingerprint density at radius 3 is 2.70 bits per heavy atom. The second-order valence-corrected chi connectivity index (χ2v) is 4.93. The summed E-state index contributed by atoms with van der Waals surface area (Å²) in [6.07, 6.45) is 0.370. The van der Waals surface area contributed by atoms with Crippen LogP contribution in [0.3, 0.4) is 0 Å². The fraction of sp³-hybridized carbons (Fsp3) is 0.188. The molecule has 3 nitrogen and oxygen atoms in total. The van der Waals surface area contributed by atoms with Crippen molar-refractivity contribution in [1.29, 1.82) is 0 Å². The minimum Gasteiger partial charge on any atom is -0.381 e. The number of hydrogen-bond acceptors (Lipinski definition) is 2. The SMILES string of the molecule is CNC(=O)Cc1ccccc1NCc1cccc(Cl)c1. The summed E-state index contributed by atoms with van der Waals surface area (Å²) in [4.78, 5) is 11.5. The van der Waals surface area contributed by atoms with E-state index in [1.807, 2.05) is 48.5 Å². The summed E-state index contributed by atoms with van der Waals surface area (Å²) in [6, 6.07) is 15.5. The van der Waals surface area contributed by atoms with Gasteiger partial charge < -0.3 is 10.6 Å². The number of halogens is 1. The molecule has 0 aromatic heterocycles. The van der Waals surface area contributed by atoms with Crippen molar-refractivity contribution in [3.63, 3.8) is 0 Å². The zero-order chi connectivity index (χ0) is 14.4. The van der Waals surface area contributed by atoms with E-state index < -0.39 is 0 Å². The number of rotatable bonds is 5. The number of hydrogen-bond donors (Lipinski definition) is 2. The molecule has 0 unspecified atom stereocenters. The Morgan fingerprint density at radius 2 is 1.95 bits per heavy atom. The van der Waals surface area contributed by atoms with Crippen molar-refractivity contribution >= 4 is 23.2 Å². The first-order chi connectivity index (χ1) is 9.69. The number of carbonyl (C=O) groups is 1. The zero-order valence-electron chi connectivity index (χ0n) is 11.3. The van der Waals surface area contributed by atoms with E-state index >= 15 is 0 Å². The van der Waals surface area contributed by atoms with Crippen molar-refractivity contribution in [1.82, 2.24) is 5.32 Å². The topological polar surface area (TPSA) is 41.1 Å². The minimum atomic E-state index is 0.00186. The Bertz CT molecular complexity index is 599. The molecule has 0 spiro atoms. The molecular formula is C16H17ClN2O. The molecule has 20 heavy (non-hydrogen) atoms. The van der Waals surface area contributed by atoms with Gasteiger partial charge in [0, 0.05) is 24.3 Å². The largest absolute Gasteiger partial charge is 0.381 e. The summed E-state index contributed by atoms with van der Waals surface area (Å²) >= 11 is 5.96. The van der Waals surface area contributed by atoms with Gasteiger partial charge in [0.2, 0.25) is 5.91 Å². The Hall–Kier alpha value is -2.00. The van der Waals surface area contributed by atoms with E-state index in [9.17, 15) is 4.79 Å². The average molecular weight is 289 g/mol. The Labute approximate surface area is 124 Å². The van der Waals surface area contributed by atoms with E-state index in [4.69, 9.17) is 11.6 Å². The third kappa shape index (κ3) is 4.00. The highest BCUT2D eigenvalue weighted by Crippen LogP contribution is 2.18. The highest BCUT2D eigenvalue weighted by molar-refractivity contribution is 6.30. The van der Waals surface area contributed by atoms with Gasteiger partial charge in [-0.2, -0.15) is 0 Å². The summed E-state index contributed by atoms with van der Waals surface area (Å²) in [6.45, 7) is 0.672. The molecule has 0 bridgehead atoms. The van der Waals surface area contributed by atoms with E-state index in [0.717, 1.165) is 21.8 Å². The van der Waals surface area contributed by atoms with Crippen LogP contribution in [0.4, 0.5) is 5.69 Å². The Morgan fingerprint density at radius 1 is 1.15 bits per heavy atom. The molecule has 0 aliphatic carbocycles. The summed E-state index contributed by atoms with van der Waals surface area (Å²) in [5, 5.41) is 6.71. The first kappa shape index (κ1) is 14.4. The van der Waals surface area contributed by atoms with Crippen molar-refractivity contribution in [3.05, 3.63) is 64.7 Å². The molecule has 2 rings (SSSR count). The summed E-state index contributed by atoms with van der Waals surface area (Å²) in [7, 11) is 1.64. The van der Waals surface area contributed by atoms with Gasteiger partial charge in [-0.25, -0.2) is 0 Å². The van der Waals surface area contributed by atoms with Crippen molar-refractivity contribution in [3.8, 4) is 0 Å². The lowest BCUT2D eigenvalue weighted by atomic mass is 10.1. The van der Waals surface area contributed by atoms with Gasteiger partial charge in [0.25, 0.3) is 0 Å². The molecule has 1 amide bonds. The van der Waals surface area contributed by atoms with Gasteiger partial charge in [-0.15, -0.1) is 0 Å². The van der Waals surface area contributed by atoms with Crippen LogP contribution in [-0.4, -0.2) is 13.0 Å². The van der Waals surface area contributed by atoms with E-state index in [1.165, 1.54) is 0 Å². The van der Waals surface area contributed by atoms with Crippen molar-refractivity contribution in [2.45, 2.75) is 13.0 Å². The van der Waals surface area contributed by atoms with Gasteiger partial charge in [-0.3, -0.25) is 4.79 Å². The van der Waals surface area contributed by atoms with Gasteiger partial charge in [-0.1, -0.05) is 41.9 Å². The van der Waals surface area contributed by atoms with E-state index in [-0.39, 0.29) is 5.91 Å². The predicted octanol–water partition coefficient (Wildman–Crippen LogP) is 3.24. The number of benzene rings is 2. The van der Waals surface area contributed by atoms with Gasteiger partial charge in [0.15, 0.2) is 0 Å². The van der Waals surface area contributed by atoms with Gasteiger partial charge in [0.05, 0.1) is 6.42 Å². The molecule has 0 atom stereocenters. The van der Waals surface area contributed by atoms with Crippen molar-refractivity contribution in [2.75, 3.05) is 12.4 Å². The molecule has 4 heteroatoms. The summed E-state index contributed by atoms with van der Waals surface area (Å²) in [5.74, 6) is 0.00186. The number of carbonyl (C=O) groups excluding carboxylic acids is 1. The maximum Gasteiger partial charge on any atom is 0.224 e. The lowest BCUT2D eigenvalue weighted by Gasteiger charge is -2.12.